The van der Waals surface area contributed by atoms with E-state index in [1.807, 2.05) is 32.0 Å². The monoisotopic (exact) mass is 404 g/mol. The van der Waals surface area contributed by atoms with E-state index in [2.05, 4.69) is 56.7 Å². The maximum atomic E-state index is 12.7. The Labute approximate surface area is 177 Å². The first-order chi connectivity index (χ1) is 14.5. The van der Waals surface area contributed by atoms with Gasteiger partial charge in [0.15, 0.2) is 11.6 Å². The molecule has 0 spiro atoms. The SMILES string of the molecule is Cc1ccc(CNC(=O)C2CCCN(c3ccc(-n4nc(C)cc4C)nn3)C2)cc1. The van der Waals surface area contributed by atoms with Crippen molar-refractivity contribution in [1.29, 1.82) is 0 Å². The van der Waals surface area contributed by atoms with Crippen LogP contribution in [0.5, 0.6) is 0 Å². The van der Waals surface area contributed by atoms with Gasteiger partial charge in [0.1, 0.15) is 0 Å². The van der Waals surface area contributed by atoms with Crippen LogP contribution in [-0.4, -0.2) is 39.0 Å². The Morgan fingerprint density at radius 1 is 1.07 bits per heavy atom. The topological polar surface area (TPSA) is 75.9 Å². The number of hydrogen-bond donors (Lipinski definition) is 1. The van der Waals surface area contributed by atoms with Gasteiger partial charge in [-0.15, -0.1) is 10.2 Å². The molecule has 2 aromatic heterocycles. The highest BCUT2D eigenvalue weighted by atomic mass is 16.1. The van der Waals surface area contributed by atoms with Gasteiger partial charge in [-0.05, 0) is 57.4 Å². The fourth-order valence-corrected chi connectivity index (χ4v) is 3.90. The van der Waals surface area contributed by atoms with Gasteiger partial charge < -0.3 is 10.2 Å². The smallest absolute Gasteiger partial charge is 0.225 e. The molecule has 156 valence electrons. The molecular formula is C23H28N6O. The van der Waals surface area contributed by atoms with Gasteiger partial charge in [0, 0.05) is 25.3 Å². The zero-order valence-electron chi connectivity index (χ0n) is 17.8. The average Bonchev–Trinajstić information content (AvgIpc) is 3.11. The third kappa shape index (κ3) is 4.50. The number of amides is 1. The van der Waals surface area contributed by atoms with E-state index in [-0.39, 0.29) is 11.8 Å². The summed E-state index contributed by atoms with van der Waals surface area (Å²) >= 11 is 0. The lowest BCUT2D eigenvalue weighted by atomic mass is 9.97. The van der Waals surface area contributed by atoms with E-state index in [4.69, 9.17) is 0 Å². The molecule has 7 heteroatoms. The molecule has 1 aliphatic rings. The molecule has 3 heterocycles. The maximum Gasteiger partial charge on any atom is 0.225 e. The number of hydrogen-bond acceptors (Lipinski definition) is 5. The van der Waals surface area contributed by atoms with Crippen LogP contribution < -0.4 is 10.2 Å². The zero-order valence-corrected chi connectivity index (χ0v) is 17.8. The number of aromatic nitrogens is 4. The lowest BCUT2D eigenvalue weighted by Gasteiger charge is -2.32. The summed E-state index contributed by atoms with van der Waals surface area (Å²) in [6, 6.07) is 14.2. The lowest BCUT2D eigenvalue weighted by Crippen LogP contribution is -2.43. The summed E-state index contributed by atoms with van der Waals surface area (Å²) in [5, 5.41) is 16.3. The molecule has 0 aliphatic carbocycles. The molecule has 0 bridgehead atoms. The summed E-state index contributed by atoms with van der Waals surface area (Å²) in [5.41, 5.74) is 4.32. The number of rotatable bonds is 5. The normalized spacial score (nSPS) is 16.5. The Morgan fingerprint density at radius 3 is 2.47 bits per heavy atom. The van der Waals surface area contributed by atoms with Crippen LogP contribution in [0.4, 0.5) is 5.82 Å². The lowest BCUT2D eigenvalue weighted by molar-refractivity contribution is -0.125. The molecule has 1 fully saturated rings. The molecule has 0 radical (unpaired) electrons. The Balaban J connectivity index is 1.37. The number of carbonyl (C=O) groups is 1. The highest BCUT2D eigenvalue weighted by molar-refractivity contribution is 5.79. The van der Waals surface area contributed by atoms with E-state index in [1.54, 1.807) is 4.68 Å². The standard InChI is InChI=1S/C23H28N6O/c1-16-6-8-19(9-7-16)14-24-23(30)20-5-4-12-28(15-20)21-10-11-22(26-25-21)29-18(3)13-17(2)27-29/h6-11,13,20H,4-5,12,14-15H2,1-3H3,(H,24,30). The molecule has 30 heavy (non-hydrogen) atoms. The van der Waals surface area contributed by atoms with Crippen molar-refractivity contribution < 1.29 is 4.79 Å². The van der Waals surface area contributed by atoms with Gasteiger partial charge in [0.2, 0.25) is 5.91 Å². The molecule has 1 unspecified atom stereocenters. The van der Waals surface area contributed by atoms with E-state index in [0.717, 1.165) is 42.2 Å². The molecule has 1 saturated heterocycles. The zero-order chi connectivity index (χ0) is 21.1. The molecule has 1 aromatic carbocycles. The number of benzene rings is 1. The van der Waals surface area contributed by atoms with Crippen LogP contribution in [0.1, 0.15) is 35.4 Å². The van der Waals surface area contributed by atoms with E-state index >= 15 is 0 Å². The van der Waals surface area contributed by atoms with Crippen molar-refractivity contribution in [2.24, 2.45) is 5.92 Å². The van der Waals surface area contributed by atoms with Crippen molar-refractivity contribution in [1.82, 2.24) is 25.3 Å². The minimum atomic E-state index is -0.0401. The summed E-state index contributed by atoms with van der Waals surface area (Å²) in [6.07, 6.45) is 1.86. The highest BCUT2D eigenvalue weighted by Crippen LogP contribution is 2.22. The fourth-order valence-electron chi connectivity index (χ4n) is 3.90. The summed E-state index contributed by atoms with van der Waals surface area (Å²) < 4.78 is 1.80. The molecule has 1 atom stereocenters. The first-order valence-electron chi connectivity index (χ1n) is 10.4. The van der Waals surface area contributed by atoms with Crippen LogP contribution in [0.25, 0.3) is 5.82 Å². The number of piperidine rings is 1. The Morgan fingerprint density at radius 2 is 1.80 bits per heavy atom. The van der Waals surface area contributed by atoms with Gasteiger partial charge in [-0.1, -0.05) is 29.8 Å². The predicted molar refractivity (Wildman–Crippen MR) is 117 cm³/mol. The Kier molecular flexibility index (Phi) is 5.79. The van der Waals surface area contributed by atoms with Crippen LogP contribution in [0, 0.1) is 26.7 Å². The van der Waals surface area contributed by atoms with Gasteiger partial charge in [-0.25, -0.2) is 4.68 Å². The van der Waals surface area contributed by atoms with Crippen molar-refractivity contribution in [3.63, 3.8) is 0 Å². The second-order valence-electron chi connectivity index (χ2n) is 8.08. The van der Waals surface area contributed by atoms with Gasteiger partial charge in [0.05, 0.1) is 11.6 Å². The van der Waals surface area contributed by atoms with Gasteiger partial charge >= 0.3 is 0 Å². The predicted octanol–water partition coefficient (Wildman–Crippen LogP) is 3.12. The molecule has 0 saturated carbocycles. The molecule has 7 nitrogen and oxygen atoms in total. The van der Waals surface area contributed by atoms with Crippen molar-refractivity contribution in [2.45, 2.75) is 40.2 Å². The van der Waals surface area contributed by atoms with Crippen LogP contribution in [0.15, 0.2) is 42.5 Å². The minimum Gasteiger partial charge on any atom is -0.354 e. The first-order valence-corrected chi connectivity index (χ1v) is 10.4. The maximum absolute atomic E-state index is 12.7. The number of aryl methyl sites for hydroxylation is 3. The first kappa shape index (κ1) is 20.1. The summed E-state index contributed by atoms with van der Waals surface area (Å²) in [7, 11) is 0. The molecule has 3 aromatic rings. The Bertz CT molecular complexity index is 1010. The third-order valence-electron chi connectivity index (χ3n) is 5.57. The number of nitrogens with zero attached hydrogens (tertiary/aromatic N) is 5. The number of nitrogens with one attached hydrogen (secondary N) is 1. The second kappa shape index (κ2) is 8.65. The van der Waals surface area contributed by atoms with Crippen LogP contribution in [0.2, 0.25) is 0 Å². The summed E-state index contributed by atoms with van der Waals surface area (Å²) in [5.74, 6) is 1.57. The quantitative estimate of drug-likeness (QED) is 0.707. The summed E-state index contributed by atoms with van der Waals surface area (Å²) in [6.45, 7) is 8.13. The van der Waals surface area contributed by atoms with E-state index in [9.17, 15) is 4.79 Å². The van der Waals surface area contributed by atoms with Gasteiger partial charge in [-0.3, -0.25) is 4.79 Å². The molecule has 1 amide bonds. The van der Waals surface area contributed by atoms with Gasteiger partial charge in [-0.2, -0.15) is 5.10 Å². The molecular weight excluding hydrogens is 376 g/mol. The third-order valence-corrected chi connectivity index (χ3v) is 5.57. The van der Waals surface area contributed by atoms with Crippen molar-refractivity contribution >= 4 is 11.7 Å². The van der Waals surface area contributed by atoms with Crippen LogP contribution in [-0.2, 0) is 11.3 Å². The largest absolute Gasteiger partial charge is 0.354 e. The van der Waals surface area contributed by atoms with Crippen molar-refractivity contribution in [3.8, 4) is 5.82 Å². The molecule has 1 aliphatic heterocycles. The number of carbonyl (C=O) groups excluding carboxylic acids is 1. The minimum absolute atomic E-state index is 0.0401. The Hall–Kier alpha value is -3.22. The van der Waals surface area contributed by atoms with Crippen LogP contribution >= 0.6 is 0 Å². The highest BCUT2D eigenvalue weighted by Gasteiger charge is 2.26. The van der Waals surface area contributed by atoms with Crippen molar-refractivity contribution in [3.05, 3.63) is 65.0 Å². The average molecular weight is 405 g/mol. The van der Waals surface area contributed by atoms with E-state index < -0.39 is 0 Å². The number of anilines is 1. The molecule has 4 rings (SSSR count). The van der Waals surface area contributed by atoms with Crippen LogP contribution in [0.3, 0.4) is 0 Å². The van der Waals surface area contributed by atoms with E-state index in [1.165, 1.54) is 5.56 Å². The fraction of sp³-hybridized carbons (Fsp3) is 0.391. The van der Waals surface area contributed by atoms with Gasteiger partial charge in [0.25, 0.3) is 0 Å². The van der Waals surface area contributed by atoms with E-state index in [0.29, 0.717) is 18.9 Å². The molecule has 1 N–H and O–H groups in total. The summed E-state index contributed by atoms with van der Waals surface area (Å²) in [4.78, 5) is 14.9. The second-order valence-corrected chi connectivity index (χ2v) is 8.08. The van der Waals surface area contributed by atoms with Crippen molar-refractivity contribution in [2.75, 3.05) is 18.0 Å².